The molecule has 30 heavy (non-hydrogen) atoms. The van der Waals surface area contributed by atoms with Crippen LogP contribution in [0.15, 0.2) is 39.1 Å². The van der Waals surface area contributed by atoms with Gasteiger partial charge >= 0.3 is 5.63 Å². The van der Waals surface area contributed by atoms with Crippen LogP contribution in [0.25, 0.3) is 11.0 Å². The first-order valence-corrected chi connectivity index (χ1v) is 10.6. The van der Waals surface area contributed by atoms with Gasteiger partial charge in [0.05, 0.1) is 7.11 Å². The Kier molecular flexibility index (Phi) is 7.32. The van der Waals surface area contributed by atoms with E-state index in [0.29, 0.717) is 23.3 Å². The van der Waals surface area contributed by atoms with Gasteiger partial charge in [-0.05, 0) is 57.7 Å². The molecule has 6 nitrogen and oxygen atoms in total. The highest BCUT2D eigenvalue weighted by Gasteiger charge is 2.20. The van der Waals surface area contributed by atoms with Gasteiger partial charge in [0.25, 0.3) is 0 Å². The molecule has 162 valence electrons. The Morgan fingerprint density at radius 2 is 2.03 bits per heavy atom. The fraction of sp³-hybridized carbons (Fsp3) is 0.500. The van der Waals surface area contributed by atoms with Gasteiger partial charge in [0.1, 0.15) is 11.3 Å². The minimum absolute atomic E-state index is 0.00798. The van der Waals surface area contributed by atoms with E-state index in [-0.39, 0.29) is 24.0 Å². The summed E-state index contributed by atoms with van der Waals surface area (Å²) in [5, 5.41) is 4.01. The van der Waals surface area contributed by atoms with E-state index in [1.807, 2.05) is 19.1 Å². The van der Waals surface area contributed by atoms with Gasteiger partial charge in [-0.15, -0.1) is 0 Å². The maximum absolute atomic E-state index is 12.5. The van der Waals surface area contributed by atoms with Crippen LogP contribution in [-0.4, -0.2) is 43.6 Å². The summed E-state index contributed by atoms with van der Waals surface area (Å²) in [4.78, 5) is 27.3. The molecule has 0 atom stereocenters. The molecule has 1 saturated heterocycles. The Morgan fingerprint density at radius 1 is 1.30 bits per heavy atom. The standard InChI is InChI=1S/C24H32N2O4/c1-16(2)9-12-26-13-10-18(11-14-26)25-23(27)8-7-21-17(3)20-6-5-19(29-4)15-22(20)30-24(21)28/h5-6,9,15,18H,7-8,10-14H2,1-4H3,(H,25,27). The lowest BCUT2D eigenvalue weighted by Crippen LogP contribution is -2.44. The molecule has 1 amide bonds. The highest BCUT2D eigenvalue weighted by Crippen LogP contribution is 2.24. The van der Waals surface area contributed by atoms with Gasteiger partial charge in [-0.3, -0.25) is 9.69 Å². The molecule has 1 aliphatic rings. The maximum Gasteiger partial charge on any atom is 0.339 e. The van der Waals surface area contributed by atoms with E-state index in [2.05, 4.69) is 30.1 Å². The predicted octanol–water partition coefficient (Wildman–Crippen LogP) is 3.59. The molecule has 1 N–H and O–H groups in total. The molecule has 0 saturated carbocycles. The first-order valence-electron chi connectivity index (χ1n) is 10.6. The molecule has 1 aromatic heterocycles. The van der Waals surface area contributed by atoms with Crippen LogP contribution in [0.1, 0.15) is 44.2 Å². The summed E-state index contributed by atoms with van der Waals surface area (Å²) >= 11 is 0. The van der Waals surface area contributed by atoms with E-state index in [1.165, 1.54) is 5.57 Å². The maximum atomic E-state index is 12.5. The minimum Gasteiger partial charge on any atom is -0.497 e. The normalized spacial score (nSPS) is 15.2. The van der Waals surface area contributed by atoms with Gasteiger partial charge in [-0.1, -0.05) is 11.6 Å². The van der Waals surface area contributed by atoms with Crippen molar-refractivity contribution < 1.29 is 13.9 Å². The Labute approximate surface area is 177 Å². The fourth-order valence-electron chi connectivity index (χ4n) is 3.90. The van der Waals surface area contributed by atoms with Gasteiger partial charge in [-0.2, -0.15) is 0 Å². The van der Waals surface area contributed by atoms with Crippen molar-refractivity contribution in [2.75, 3.05) is 26.7 Å². The molecule has 2 aromatic rings. The summed E-state index contributed by atoms with van der Waals surface area (Å²) in [6, 6.07) is 5.65. The molecule has 0 radical (unpaired) electrons. The monoisotopic (exact) mass is 412 g/mol. The number of hydrogen-bond acceptors (Lipinski definition) is 5. The number of methoxy groups -OCH3 is 1. The molecule has 1 fully saturated rings. The molecule has 0 aliphatic carbocycles. The number of carbonyl (C=O) groups excluding carboxylic acids is 1. The molecule has 0 unspecified atom stereocenters. The Bertz CT molecular complexity index is 981. The van der Waals surface area contributed by atoms with Crippen LogP contribution < -0.4 is 15.7 Å². The van der Waals surface area contributed by atoms with Crippen molar-refractivity contribution in [3.63, 3.8) is 0 Å². The third kappa shape index (κ3) is 5.51. The van der Waals surface area contributed by atoms with Crippen molar-refractivity contribution >= 4 is 16.9 Å². The van der Waals surface area contributed by atoms with Crippen LogP contribution in [0.5, 0.6) is 5.75 Å². The lowest BCUT2D eigenvalue weighted by atomic mass is 10.0. The number of ether oxygens (including phenoxy) is 1. The molecule has 3 rings (SSSR count). The minimum atomic E-state index is -0.381. The second-order valence-corrected chi connectivity index (χ2v) is 8.28. The van der Waals surface area contributed by atoms with Crippen LogP contribution in [0.4, 0.5) is 0 Å². The number of nitrogens with one attached hydrogen (secondary N) is 1. The Hall–Kier alpha value is -2.60. The van der Waals surface area contributed by atoms with Gasteiger partial charge in [0.2, 0.25) is 5.91 Å². The zero-order chi connectivity index (χ0) is 21.7. The average molecular weight is 413 g/mol. The summed E-state index contributed by atoms with van der Waals surface area (Å²) in [7, 11) is 1.58. The first-order chi connectivity index (χ1) is 14.4. The molecule has 1 aromatic carbocycles. The molecule has 2 heterocycles. The summed E-state index contributed by atoms with van der Waals surface area (Å²) in [6.45, 7) is 9.09. The Balaban J connectivity index is 1.56. The van der Waals surface area contributed by atoms with Crippen molar-refractivity contribution in [2.45, 2.75) is 52.5 Å². The Morgan fingerprint density at radius 3 is 2.70 bits per heavy atom. The van der Waals surface area contributed by atoms with Crippen molar-refractivity contribution in [3.05, 3.63) is 51.4 Å². The van der Waals surface area contributed by atoms with Crippen molar-refractivity contribution in [1.82, 2.24) is 10.2 Å². The van der Waals surface area contributed by atoms with Crippen LogP contribution in [0.3, 0.4) is 0 Å². The van der Waals surface area contributed by atoms with Gasteiger partial charge < -0.3 is 14.5 Å². The van der Waals surface area contributed by atoms with Crippen LogP contribution in [0.2, 0.25) is 0 Å². The topological polar surface area (TPSA) is 71.8 Å². The average Bonchev–Trinajstić information content (AvgIpc) is 2.72. The van der Waals surface area contributed by atoms with Crippen molar-refractivity contribution in [1.29, 1.82) is 0 Å². The summed E-state index contributed by atoms with van der Waals surface area (Å²) in [5.41, 5.74) is 2.89. The number of nitrogens with zero attached hydrogens (tertiary/aromatic N) is 1. The highest BCUT2D eigenvalue weighted by molar-refractivity contribution is 5.82. The van der Waals surface area contributed by atoms with Crippen LogP contribution >= 0.6 is 0 Å². The van der Waals surface area contributed by atoms with Gasteiger partial charge in [0, 0.05) is 49.1 Å². The van der Waals surface area contributed by atoms with E-state index in [1.54, 1.807) is 13.2 Å². The molecular formula is C24H32N2O4. The number of piperidine rings is 1. The molecular weight excluding hydrogens is 380 g/mol. The molecule has 0 spiro atoms. The number of benzene rings is 1. The second kappa shape index (κ2) is 9.94. The van der Waals surface area contributed by atoms with Gasteiger partial charge in [0.15, 0.2) is 0 Å². The lowest BCUT2D eigenvalue weighted by Gasteiger charge is -2.31. The molecule has 1 aliphatic heterocycles. The number of allylic oxidation sites excluding steroid dienone is 1. The molecule has 6 heteroatoms. The van der Waals surface area contributed by atoms with Gasteiger partial charge in [-0.25, -0.2) is 4.79 Å². The lowest BCUT2D eigenvalue weighted by molar-refractivity contribution is -0.122. The van der Waals surface area contributed by atoms with E-state index >= 15 is 0 Å². The summed E-state index contributed by atoms with van der Waals surface area (Å²) in [5.74, 6) is 0.635. The number of aryl methyl sites for hydroxylation is 1. The van der Waals surface area contributed by atoms with Crippen LogP contribution in [0, 0.1) is 6.92 Å². The van der Waals surface area contributed by atoms with Crippen LogP contribution in [-0.2, 0) is 11.2 Å². The summed E-state index contributed by atoms with van der Waals surface area (Å²) < 4.78 is 10.7. The second-order valence-electron chi connectivity index (χ2n) is 8.28. The van der Waals surface area contributed by atoms with E-state index in [4.69, 9.17) is 9.15 Å². The van der Waals surface area contributed by atoms with Crippen molar-refractivity contribution in [2.24, 2.45) is 0 Å². The quantitative estimate of drug-likeness (QED) is 0.556. The predicted molar refractivity (Wildman–Crippen MR) is 119 cm³/mol. The number of rotatable bonds is 7. The number of fused-ring (bicyclic) bond motifs is 1. The zero-order valence-electron chi connectivity index (χ0n) is 18.4. The number of carbonyl (C=O) groups is 1. The smallest absolute Gasteiger partial charge is 0.339 e. The highest BCUT2D eigenvalue weighted by atomic mass is 16.5. The third-order valence-electron chi connectivity index (χ3n) is 5.81. The largest absolute Gasteiger partial charge is 0.497 e. The number of likely N-dealkylation sites (tertiary alicyclic amines) is 1. The van der Waals surface area contributed by atoms with E-state index in [9.17, 15) is 9.59 Å². The third-order valence-corrected chi connectivity index (χ3v) is 5.81. The van der Waals surface area contributed by atoms with E-state index in [0.717, 1.165) is 43.4 Å². The first kappa shape index (κ1) is 22.1. The number of hydrogen-bond donors (Lipinski definition) is 1. The number of amides is 1. The fourth-order valence-corrected chi connectivity index (χ4v) is 3.90. The molecule has 0 bridgehead atoms. The van der Waals surface area contributed by atoms with E-state index < -0.39 is 0 Å². The SMILES string of the molecule is COc1ccc2c(C)c(CCC(=O)NC3CCN(CC=C(C)C)CC3)c(=O)oc2c1. The summed E-state index contributed by atoms with van der Waals surface area (Å²) in [6.07, 6.45) is 4.82. The zero-order valence-corrected chi connectivity index (χ0v) is 18.4. The van der Waals surface area contributed by atoms with Crippen molar-refractivity contribution in [3.8, 4) is 5.75 Å².